The topological polar surface area (TPSA) is 129 Å². The molecule has 3 N–H and O–H groups in total. The summed E-state index contributed by atoms with van der Waals surface area (Å²) in [6.07, 6.45) is 0. The van der Waals surface area contributed by atoms with E-state index in [2.05, 4.69) is 10.3 Å². The molecule has 202 valence electrons. The predicted molar refractivity (Wildman–Crippen MR) is 153 cm³/mol. The molecule has 1 aromatic heterocycles. The summed E-state index contributed by atoms with van der Waals surface area (Å²) in [6.45, 7) is -0.276. The van der Waals surface area contributed by atoms with Crippen LogP contribution in [0.2, 0.25) is 5.02 Å². The minimum atomic E-state index is -0.750. The van der Waals surface area contributed by atoms with Crippen LogP contribution in [0.25, 0.3) is 0 Å². The average Bonchev–Trinajstić information content (AvgIpc) is 3.43. The lowest BCUT2D eigenvalue weighted by molar-refractivity contribution is -0.122. The quantitative estimate of drug-likeness (QED) is 0.220. The Bertz CT molecular complexity index is 1690. The highest BCUT2D eigenvalue weighted by molar-refractivity contribution is 8.00. The Balaban J connectivity index is 1.28. The number of halogens is 1. The molecular formula is C28H20ClN3O6S2. The minimum Gasteiger partial charge on any atom is -0.508 e. The number of thiazole rings is 1. The number of phenolic OH excluding ortho intramolecular Hbond substituents is 1. The van der Waals surface area contributed by atoms with Crippen LogP contribution in [-0.2, 0) is 14.4 Å². The Labute approximate surface area is 240 Å². The number of hydrogen-bond donors (Lipinski definition) is 3. The Morgan fingerprint density at radius 1 is 1.02 bits per heavy atom. The molecule has 0 saturated carbocycles. The summed E-state index contributed by atoms with van der Waals surface area (Å²) in [7, 11) is 0. The second-order valence-electron chi connectivity index (χ2n) is 9.19. The summed E-state index contributed by atoms with van der Waals surface area (Å²) in [5.74, 6) is -1.96. The van der Waals surface area contributed by atoms with Crippen molar-refractivity contribution < 1.29 is 24.2 Å². The van der Waals surface area contributed by atoms with Crippen LogP contribution in [0.4, 0.5) is 11.4 Å². The number of imide groups is 1. The molecule has 12 heteroatoms. The number of nitrogens with zero attached hydrogens (tertiary/aromatic N) is 1. The molecule has 2 aliphatic heterocycles. The first-order valence-electron chi connectivity index (χ1n) is 12.1. The van der Waals surface area contributed by atoms with E-state index in [1.165, 1.54) is 28.8 Å². The lowest BCUT2D eigenvalue weighted by Crippen LogP contribution is -2.32. The van der Waals surface area contributed by atoms with Crippen molar-refractivity contribution in [2.75, 3.05) is 16.8 Å². The van der Waals surface area contributed by atoms with E-state index in [9.17, 15) is 24.3 Å². The molecule has 0 spiro atoms. The van der Waals surface area contributed by atoms with Gasteiger partial charge >= 0.3 is 4.87 Å². The largest absolute Gasteiger partial charge is 0.508 e. The number of rotatable bonds is 6. The molecule has 6 rings (SSSR count). The molecule has 0 radical (unpaired) electrons. The van der Waals surface area contributed by atoms with Gasteiger partial charge in [-0.15, -0.1) is 0 Å². The van der Waals surface area contributed by atoms with Crippen LogP contribution in [0.3, 0.4) is 0 Å². The van der Waals surface area contributed by atoms with Gasteiger partial charge in [-0.25, -0.2) is 4.90 Å². The van der Waals surface area contributed by atoms with Crippen molar-refractivity contribution in [3.05, 3.63) is 97.9 Å². The van der Waals surface area contributed by atoms with E-state index in [-0.39, 0.29) is 29.0 Å². The third kappa shape index (κ3) is 4.87. The number of phenols is 1. The monoisotopic (exact) mass is 593 g/mol. The van der Waals surface area contributed by atoms with Crippen molar-refractivity contribution >= 4 is 63.8 Å². The summed E-state index contributed by atoms with van der Waals surface area (Å²) < 4.78 is 5.74. The third-order valence-electron chi connectivity index (χ3n) is 6.65. The highest BCUT2D eigenvalue weighted by Gasteiger charge is 2.56. The van der Waals surface area contributed by atoms with Gasteiger partial charge in [-0.05, 0) is 66.2 Å². The molecule has 3 amide bonds. The number of carbonyl (C=O) groups is 3. The SMILES string of the molecule is O=C(COc1cccc(C2c3sc(=O)[nH]c3SC3C(=O)N(c4ccc(Cl)cc4)C(=O)C32)c1)Nc1ccc(O)cc1. The number of ether oxygens (including phenoxy) is 1. The third-order valence-corrected chi connectivity index (χ3v) is 9.30. The second kappa shape index (κ2) is 10.5. The molecule has 3 aromatic carbocycles. The van der Waals surface area contributed by atoms with Gasteiger partial charge in [-0.3, -0.25) is 19.2 Å². The molecule has 3 unspecified atom stereocenters. The van der Waals surface area contributed by atoms with E-state index in [0.29, 0.717) is 37.6 Å². The van der Waals surface area contributed by atoms with Crippen molar-refractivity contribution in [2.45, 2.75) is 16.2 Å². The average molecular weight is 594 g/mol. The van der Waals surface area contributed by atoms with E-state index < -0.39 is 23.0 Å². The maximum absolute atomic E-state index is 13.8. The zero-order chi connectivity index (χ0) is 28.0. The number of anilines is 2. The molecule has 9 nitrogen and oxygen atoms in total. The number of aromatic amines is 1. The van der Waals surface area contributed by atoms with Gasteiger partial charge in [0.05, 0.1) is 16.6 Å². The van der Waals surface area contributed by atoms with Crippen LogP contribution in [-0.4, -0.2) is 39.7 Å². The van der Waals surface area contributed by atoms with Crippen molar-refractivity contribution in [3.8, 4) is 11.5 Å². The van der Waals surface area contributed by atoms with Crippen molar-refractivity contribution in [3.63, 3.8) is 0 Å². The second-order valence-corrected chi connectivity index (χ2v) is 11.8. The highest BCUT2D eigenvalue weighted by atomic mass is 35.5. The number of fused-ring (bicyclic) bond motifs is 2. The van der Waals surface area contributed by atoms with E-state index in [1.54, 1.807) is 54.6 Å². The maximum Gasteiger partial charge on any atom is 0.305 e. The first kappa shape index (κ1) is 26.2. The fourth-order valence-electron chi connectivity index (χ4n) is 4.91. The van der Waals surface area contributed by atoms with Gasteiger partial charge in [0, 0.05) is 21.5 Å². The van der Waals surface area contributed by atoms with Crippen LogP contribution in [0.5, 0.6) is 11.5 Å². The van der Waals surface area contributed by atoms with Gasteiger partial charge in [0.1, 0.15) is 16.7 Å². The standard InChI is InChI=1S/C28H20ClN3O6S2/c29-15-4-8-17(9-5-15)32-26(35)22-21(23-25(31-28(37)40-23)39-24(22)27(32)36)14-2-1-3-19(12-14)38-13-20(34)30-16-6-10-18(33)11-7-16/h1-12,21-22,24,33H,13H2,(H,30,34)(H,31,37). The van der Waals surface area contributed by atoms with Gasteiger partial charge in [0.15, 0.2) is 6.61 Å². The summed E-state index contributed by atoms with van der Waals surface area (Å²) in [5.41, 5.74) is 1.62. The minimum absolute atomic E-state index is 0.0868. The van der Waals surface area contributed by atoms with Crippen LogP contribution < -0.4 is 19.8 Å². The first-order chi connectivity index (χ1) is 19.3. The van der Waals surface area contributed by atoms with E-state index in [0.717, 1.165) is 11.3 Å². The van der Waals surface area contributed by atoms with Crippen molar-refractivity contribution in [1.29, 1.82) is 0 Å². The van der Waals surface area contributed by atoms with Crippen molar-refractivity contribution in [1.82, 2.24) is 4.98 Å². The molecule has 1 fully saturated rings. The van der Waals surface area contributed by atoms with Crippen molar-refractivity contribution in [2.24, 2.45) is 5.92 Å². The molecular weight excluding hydrogens is 574 g/mol. The van der Waals surface area contributed by atoms with E-state index >= 15 is 0 Å². The molecule has 0 bridgehead atoms. The van der Waals surface area contributed by atoms with E-state index in [1.807, 2.05) is 6.07 Å². The predicted octanol–water partition coefficient (Wildman–Crippen LogP) is 4.61. The molecule has 2 aliphatic rings. The number of H-pyrrole nitrogens is 1. The zero-order valence-corrected chi connectivity index (χ0v) is 22.9. The summed E-state index contributed by atoms with van der Waals surface area (Å²) in [5, 5.41) is 12.4. The number of benzene rings is 3. The molecule has 3 atom stereocenters. The Kier molecular flexibility index (Phi) is 6.87. The number of aromatic hydroxyl groups is 1. The summed E-state index contributed by atoms with van der Waals surface area (Å²) >= 11 is 8.23. The molecule has 40 heavy (non-hydrogen) atoms. The smallest absolute Gasteiger partial charge is 0.305 e. The Morgan fingerprint density at radius 3 is 2.52 bits per heavy atom. The van der Waals surface area contributed by atoms with Gasteiger partial charge in [-0.1, -0.05) is 46.8 Å². The summed E-state index contributed by atoms with van der Waals surface area (Å²) in [6, 6.07) is 19.5. The molecule has 0 aliphatic carbocycles. The number of carbonyl (C=O) groups excluding carboxylic acids is 3. The van der Waals surface area contributed by atoms with Crippen LogP contribution in [0.1, 0.15) is 16.4 Å². The zero-order valence-electron chi connectivity index (χ0n) is 20.5. The van der Waals surface area contributed by atoms with Gasteiger partial charge in [-0.2, -0.15) is 0 Å². The molecule has 4 aromatic rings. The highest BCUT2D eigenvalue weighted by Crippen LogP contribution is 2.53. The lowest BCUT2D eigenvalue weighted by Gasteiger charge is -2.30. The first-order valence-corrected chi connectivity index (χ1v) is 14.2. The van der Waals surface area contributed by atoms with Crippen LogP contribution in [0.15, 0.2) is 82.6 Å². The lowest BCUT2D eigenvalue weighted by atomic mass is 9.83. The van der Waals surface area contributed by atoms with Crippen LogP contribution >= 0.6 is 34.7 Å². The van der Waals surface area contributed by atoms with Gasteiger partial charge in [0.25, 0.3) is 5.91 Å². The Hall–Kier alpha value is -4.06. The Morgan fingerprint density at radius 2 is 1.77 bits per heavy atom. The summed E-state index contributed by atoms with van der Waals surface area (Å²) in [4.78, 5) is 56.5. The molecule has 1 saturated heterocycles. The number of nitrogens with one attached hydrogen (secondary N) is 2. The number of thioether (sulfide) groups is 1. The van der Waals surface area contributed by atoms with E-state index in [4.69, 9.17) is 16.3 Å². The maximum atomic E-state index is 13.8. The molecule has 3 heterocycles. The van der Waals surface area contributed by atoms with Crippen LogP contribution in [0, 0.1) is 5.92 Å². The number of aromatic nitrogens is 1. The number of hydrogen-bond acceptors (Lipinski definition) is 8. The fourth-order valence-corrected chi connectivity index (χ4v) is 7.55. The fraction of sp³-hybridized carbons (Fsp3) is 0.143. The van der Waals surface area contributed by atoms with Gasteiger partial charge < -0.3 is 20.1 Å². The normalized spacial score (nSPS) is 19.7. The van der Waals surface area contributed by atoms with Gasteiger partial charge in [0.2, 0.25) is 11.8 Å². The number of amides is 3.